The second-order valence-corrected chi connectivity index (χ2v) is 9.62. The summed E-state index contributed by atoms with van der Waals surface area (Å²) in [6.07, 6.45) is 3.45. The van der Waals surface area contributed by atoms with E-state index in [2.05, 4.69) is 10.3 Å². The predicted octanol–water partition coefficient (Wildman–Crippen LogP) is 3.29. The summed E-state index contributed by atoms with van der Waals surface area (Å²) in [6, 6.07) is 5.54. The van der Waals surface area contributed by atoms with E-state index in [1.807, 2.05) is 19.1 Å². The molecule has 23 heavy (non-hydrogen) atoms. The largest absolute Gasteiger partial charge is 0.326 e. The highest BCUT2D eigenvalue weighted by molar-refractivity contribution is 7.92. The van der Waals surface area contributed by atoms with Crippen molar-refractivity contribution in [1.82, 2.24) is 4.98 Å². The molecular formula is C16H20N2O3S2. The van der Waals surface area contributed by atoms with Gasteiger partial charge in [0, 0.05) is 12.1 Å². The van der Waals surface area contributed by atoms with Crippen LogP contribution in [0, 0.1) is 6.92 Å². The Labute approximate surface area is 140 Å². The first-order valence-corrected chi connectivity index (χ1v) is 10.4. The van der Waals surface area contributed by atoms with Gasteiger partial charge in [-0.25, -0.2) is 13.4 Å². The van der Waals surface area contributed by atoms with Crippen LogP contribution in [0.15, 0.2) is 18.2 Å². The standard InChI is InChI=1S/C16H20N2O3S2/c1-11-17-14-7-6-12(10-15(14)22-11)18-16(19)8-9-23(20,21)13-4-2-3-5-13/h6-7,10,13H,2-5,8-9H2,1H3,(H,18,19). The van der Waals surface area contributed by atoms with Gasteiger partial charge in [0.1, 0.15) is 0 Å². The van der Waals surface area contributed by atoms with Crippen molar-refractivity contribution < 1.29 is 13.2 Å². The second kappa shape index (κ2) is 6.57. The van der Waals surface area contributed by atoms with Crippen molar-refractivity contribution in [1.29, 1.82) is 0 Å². The van der Waals surface area contributed by atoms with Gasteiger partial charge < -0.3 is 5.32 Å². The lowest BCUT2D eigenvalue weighted by Crippen LogP contribution is -2.24. The van der Waals surface area contributed by atoms with Gasteiger partial charge in [0.15, 0.2) is 9.84 Å². The van der Waals surface area contributed by atoms with Crippen LogP contribution in [0.25, 0.3) is 10.2 Å². The first-order valence-electron chi connectivity index (χ1n) is 7.83. The number of thiazole rings is 1. The summed E-state index contributed by atoms with van der Waals surface area (Å²) in [5, 5.41) is 3.52. The minimum atomic E-state index is -3.15. The highest BCUT2D eigenvalue weighted by Crippen LogP contribution is 2.26. The summed E-state index contributed by atoms with van der Waals surface area (Å²) in [6.45, 7) is 1.94. The number of aryl methyl sites for hydroxylation is 1. The van der Waals surface area contributed by atoms with E-state index in [0.29, 0.717) is 5.69 Å². The zero-order valence-corrected chi connectivity index (χ0v) is 14.7. The molecule has 1 fully saturated rings. The first kappa shape index (κ1) is 16.4. The third-order valence-corrected chi connectivity index (χ3v) is 7.40. The number of rotatable bonds is 5. The number of benzene rings is 1. The van der Waals surface area contributed by atoms with E-state index in [1.54, 1.807) is 17.4 Å². The number of carbonyl (C=O) groups excluding carboxylic acids is 1. The zero-order chi connectivity index (χ0) is 16.4. The maximum Gasteiger partial charge on any atom is 0.225 e. The van der Waals surface area contributed by atoms with Gasteiger partial charge in [0.05, 0.1) is 26.2 Å². The number of aromatic nitrogens is 1. The summed E-state index contributed by atoms with van der Waals surface area (Å²) in [5.74, 6) is -0.321. The smallest absolute Gasteiger partial charge is 0.225 e. The number of nitrogens with one attached hydrogen (secondary N) is 1. The Kier molecular flexibility index (Phi) is 4.68. The minimum absolute atomic E-state index is 0.0125. The van der Waals surface area contributed by atoms with Crippen molar-refractivity contribution >= 4 is 43.0 Å². The topological polar surface area (TPSA) is 76.1 Å². The molecular weight excluding hydrogens is 332 g/mol. The Morgan fingerprint density at radius 2 is 2.09 bits per heavy atom. The molecule has 1 aliphatic carbocycles. The first-order chi connectivity index (χ1) is 10.9. The van der Waals surface area contributed by atoms with E-state index in [0.717, 1.165) is 40.9 Å². The van der Waals surface area contributed by atoms with E-state index < -0.39 is 9.84 Å². The lowest BCUT2D eigenvalue weighted by atomic mass is 10.3. The zero-order valence-electron chi connectivity index (χ0n) is 13.0. The van der Waals surface area contributed by atoms with Gasteiger partial charge in [0.2, 0.25) is 5.91 Å². The monoisotopic (exact) mass is 352 g/mol. The average molecular weight is 352 g/mol. The molecule has 1 aromatic carbocycles. The van der Waals surface area contributed by atoms with Crippen molar-refractivity contribution in [2.24, 2.45) is 0 Å². The van der Waals surface area contributed by atoms with Gasteiger partial charge in [-0.15, -0.1) is 11.3 Å². The quantitative estimate of drug-likeness (QED) is 0.896. The normalized spacial score (nSPS) is 16.0. The summed E-state index contributed by atoms with van der Waals surface area (Å²) in [7, 11) is -3.15. The van der Waals surface area contributed by atoms with E-state index in [9.17, 15) is 13.2 Å². The molecule has 0 bridgehead atoms. The average Bonchev–Trinajstić information content (AvgIpc) is 3.13. The number of fused-ring (bicyclic) bond motifs is 1. The fourth-order valence-corrected chi connectivity index (χ4v) is 5.71. The molecule has 1 saturated carbocycles. The third-order valence-electron chi connectivity index (χ3n) is 4.20. The molecule has 0 radical (unpaired) electrons. The third kappa shape index (κ3) is 3.90. The number of hydrogen-bond acceptors (Lipinski definition) is 5. The Hall–Kier alpha value is -1.47. The molecule has 124 valence electrons. The maximum absolute atomic E-state index is 12.2. The fraction of sp³-hybridized carbons (Fsp3) is 0.500. The summed E-state index contributed by atoms with van der Waals surface area (Å²) >= 11 is 1.57. The summed E-state index contributed by atoms with van der Waals surface area (Å²) < 4.78 is 25.4. The number of hydrogen-bond donors (Lipinski definition) is 1. The maximum atomic E-state index is 12.2. The minimum Gasteiger partial charge on any atom is -0.326 e. The number of amides is 1. The molecule has 2 aromatic rings. The Bertz CT molecular complexity index is 821. The molecule has 0 aliphatic heterocycles. The predicted molar refractivity (Wildman–Crippen MR) is 93.6 cm³/mol. The Balaban J connectivity index is 1.59. The van der Waals surface area contributed by atoms with Crippen LogP contribution in [-0.4, -0.2) is 30.3 Å². The lowest BCUT2D eigenvalue weighted by Gasteiger charge is -2.11. The number of anilines is 1. The van der Waals surface area contributed by atoms with E-state index in [4.69, 9.17) is 0 Å². The number of carbonyl (C=O) groups is 1. The van der Waals surface area contributed by atoms with Crippen LogP contribution in [0.2, 0.25) is 0 Å². The molecule has 0 saturated heterocycles. The molecule has 5 nitrogen and oxygen atoms in total. The van der Waals surface area contributed by atoms with Gasteiger partial charge in [0.25, 0.3) is 0 Å². The number of nitrogens with zero attached hydrogens (tertiary/aromatic N) is 1. The van der Waals surface area contributed by atoms with Gasteiger partial charge >= 0.3 is 0 Å². The molecule has 1 aromatic heterocycles. The van der Waals surface area contributed by atoms with Crippen molar-refractivity contribution in [2.75, 3.05) is 11.1 Å². The summed E-state index contributed by atoms with van der Waals surface area (Å²) in [5.41, 5.74) is 1.60. The molecule has 0 unspecified atom stereocenters. The van der Waals surface area contributed by atoms with Gasteiger partial charge in [-0.1, -0.05) is 12.8 Å². The Morgan fingerprint density at radius 1 is 1.35 bits per heavy atom. The molecule has 1 amide bonds. The van der Waals surface area contributed by atoms with Crippen LogP contribution >= 0.6 is 11.3 Å². The molecule has 3 rings (SSSR count). The van der Waals surface area contributed by atoms with Crippen LogP contribution in [0.4, 0.5) is 5.69 Å². The van der Waals surface area contributed by atoms with Crippen LogP contribution in [0.5, 0.6) is 0 Å². The highest BCUT2D eigenvalue weighted by Gasteiger charge is 2.28. The van der Waals surface area contributed by atoms with Crippen molar-refractivity contribution in [3.05, 3.63) is 23.2 Å². The molecule has 1 aliphatic rings. The van der Waals surface area contributed by atoms with Crippen LogP contribution in [-0.2, 0) is 14.6 Å². The van der Waals surface area contributed by atoms with Crippen LogP contribution in [0.3, 0.4) is 0 Å². The van der Waals surface area contributed by atoms with E-state index in [-0.39, 0.29) is 23.3 Å². The second-order valence-electron chi connectivity index (χ2n) is 5.99. The fourth-order valence-electron chi connectivity index (χ4n) is 2.99. The molecule has 0 atom stereocenters. The molecule has 1 N–H and O–H groups in total. The van der Waals surface area contributed by atoms with E-state index >= 15 is 0 Å². The molecule has 7 heteroatoms. The van der Waals surface area contributed by atoms with Gasteiger partial charge in [-0.05, 0) is 38.0 Å². The summed E-state index contributed by atoms with van der Waals surface area (Å²) in [4.78, 5) is 16.4. The van der Waals surface area contributed by atoms with Crippen molar-refractivity contribution in [3.63, 3.8) is 0 Å². The Morgan fingerprint density at radius 3 is 2.83 bits per heavy atom. The molecule has 0 spiro atoms. The number of sulfone groups is 1. The highest BCUT2D eigenvalue weighted by atomic mass is 32.2. The van der Waals surface area contributed by atoms with Crippen molar-refractivity contribution in [2.45, 2.75) is 44.3 Å². The molecule has 1 heterocycles. The van der Waals surface area contributed by atoms with Crippen LogP contribution < -0.4 is 5.32 Å². The SMILES string of the molecule is Cc1nc2ccc(NC(=O)CCS(=O)(=O)C3CCCC3)cc2s1. The van der Waals surface area contributed by atoms with Gasteiger partial charge in [-0.2, -0.15) is 0 Å². The van der Waals surface area contributed by atoms with E-state index in [1.165, 1.54) is 0 Å². The van der Waals surface area contributed by atoms with Crippen molar-refractivity contribution in [3.8, 4) is 0 Å². The van der Waals surface area contributed by atoms with Crippen LogP contribution in [0.1, 0.15) is 37.1 Å². The van der Waals surface area contributed by atoms with Gasteiger partial charge in [-0.3, -0.25) is 4.79 Å². The lowest BCUT2D eigenvalue weighted by molar-refractivity contribution is -0.115.